The average Bonchev–Trinajstić information content (AvgIpc) is 3.14. The van der Waals surface area contributed by atoms with E-state index in [-0.39, 0.29) is 12.0 Å². The summed E-state index contributed by atoms with van der Waals surface area (Å²) in [4.78, 5) is 21.2. The fourth-order valence-corrected chi connectivity index (χ4v) is 4.18. The van der Waals surface area contributed by atoms with E-state index in [1.54, 1.807) is 12.0 Å². The van der Waals surface area contributed by atoms with Crippen molar-refractivity contribution in [1.29, 1.82) is 0 Å². The van der Waals surface area contributed by atoms with Crippen molar-refractivity contribution < 1.29 is 19.2 Å². The number of nitrogens with one attached hydrogen (secondary N) is 1. The number of amides is 1. The third-order valence-electron chi connectivity index (χ3n) is 4.70. The Morgan fingerprint density at radius 1 is 1.17 bits per heavy atom. The van der Waals surface area contributed by atoms with Crippen molar-refractivity contribution >= 4 is 32.6 Å². The standard InChI is InChI=1S/C23H29N3O3S/c1-15(2)29-18-10-8-17(9-11-18)22(27)26(14-13-25(4)5)23-24-20-19(28-6)12-7-16(3)21(20)30-23/h7-12,15H,13-14H2,1-6H3/p+1. The van der Waals surface area contributed by atoms with Gasteiger partial charge in [-0.15, -0.1) is 0 Å². The van der Waals surface area contributed by atoms with E-state index < -0.39 is 0 Å². The molecule has 1 aromatic heterocycles. The van der Waals surface area contributed by atoms with Gasteiger partial charge < -0.3 is 14.4 Å². The number of hydrogen-bond acceptors (Lipinski definition) is 5. The highest BCUT2D eigenvalue weighted by Gasteiger charge is 2.23. The molecule has 0 radical (unpaired) electrons. The zero-order valence-corrected chi connectivity index (χ0v) is 19.3. The van der Waals surface area contributed by atoms with Gasteiger partial charge in [0.2, 0.25) is 0 Å². The molecule has 3 aromatic rings. The molecule has 0 aliphatic rings. The first-order valence-electron chi connectivity index (χ1n) is 10.1. The van der Waals surface area contributed by atoms with Crippen LogP contribution in [0.2, 0.25) is 0 Å². The maximum Gasteiger partial charge on any atom is 0.260 e. The van der Waals surface area contributed by atoms with Gasteiger partial charge in [0.15, 0.2) is 5.13 Å². The maximum absolute atomic E-state index is 13.4. The summed E-state index contributed by atoms with van der Waals surface area (Å²) in [5, 5.41) is 0.686. The van der Waals surface area contributed by atoms with E-state index in [0.717, 1.165) is 33.8 Å². The Kier molecular flexibility index (Phi) is 6.95. The predicted molar refractivity (Wildman–Crippen MR) is 122 cm³/mol. The lowest BCUT2D eigenvalue weighted by molar-refractivity contribution is -0.856. The van der Waals surface area contributed by atoms with Crippen molar-refractivity contribution in [3.8, 4) is 11.5 Å². The van der Waals surface area contributed by atoms with Gasteiger partial charge in [-0.25, -0.2) is 4.98 Å². The summed E-state index contributed by atoms with van der Waals surface area (Å²) in [7, 11) is 5.79. The van der Waals surface area contributed by atoms with Crippen LogP contribution in [-0.2, 0) is 0 Å². The molecule has 0 saturated carbocycles. The molecule has 0 atom stereocenters. The van der Waals surface area contributed by atoms with Crippen LogP contribution in [0.3, 0.4) is 0 Å². The van der Waals surface area contributed by atoms with Crippen molar-refractivity contribution in [1.82, 2.24) is 4.98 Å². The van der Waals surface area contributed by atoms with E-state index in [1.807, 2.05) is 57.2 Å². The summed E-state index contributed by atoms with van der Waals surface area (Å²) < 4.78 is 12.2. The first kappa shape index (κ1) is 22.1. The molecule has 0 bridgehead atoms. The molecule has 1 amide bonds. The number of carbonyl (C=O) groups is 1. The molecule has 0 aliphatic carbocycles. The monoisotopic (exact) mass is 428 g/mol. The van der Waals surface area contributed by atoms with Gasteiger partial charge in [-0.2, -0.15) is 0 Å². The first-order chi connectivity index (χ1) is 14.3. The molecule has 0 aliphatic heterocycles. The highest BCUT2D eigenvalue weighted by atomic mass is 32.1. The molecule has 1 N–H and O–H groups in total. The summed E-state index contributed by atoms with van der Waals surface area (Å²) in [6, 6.07) is 11.3. The summed E-state index contributed by atoms with van der Waals surface area (Å²) in [5.74, 6) is 1.41. The minimum Gasteiger partial charge on any atom is -0.494 e. The lowest BCUT2D eigenvalue weighted by Crippen LogP contribution is -3.06. The van der Waals surface area contributed by atoms with E-state index in [1.165, 1.54) is 16.2 Å². The van der Waals surface area contributed by atoms with Gasteiger partial charge in [0.1, 0.15) is 17.0 Å². The highest BCUT2D eigenvalue weighted by Crippen LogP contribution is 2.36. The van der Waals surface area contributed by atoms with Crippen LogP contribution in [0, 0.1) is 6.92 Å². The van der Waals surface area contributed by atoms with Crippen LogP contribution in [0.4, 0.5) is 5.13 Å². The molecule has 160 valence electrons. The van der Waals surface area contributed by atoms with Crippen LogP contribution in [0.15, 0.2) is 36.4 Å². The molecular weight excluding hydrogens is 398 g/mol. The van der Waals surface area contributed by atoms with Crippen LogP contribution in [-0.4, -0.2) is 51.3 Å². The lowest BCUT2D eigenvalue weighted by Gasteiger charge is -2.21. The topological polar surface area (TPSA) is 56.1 Å². The molecule has 2 aromatic carbocycles. The number of likely N-dealkylation sites (N-methyl/N-ethyl adjacent to an activating group) is 1. The number of nitrogens with zero attached hydrogens (tertiary/aromatic N) is 2. The second kappa shape index (κ2) is 9.45. The second-order valence-corrected chi connectivity index (χ2v) is 8.84. The third-order valence-corrected chi connectivity index (χ3v) is 5.91. The number of benzene rings is 2. The van der Waals surface area contributed by atoms with Gasteiger partial charge in [-0.1, -0.05) is 17.4 Å². The Hall–Kier alpha value is -2.64. The molecule has 0 unspecified atom stereocenters. The molecule has 0 spiro atoms. The van der Waals surface area contributed by atoms with Crippen molar-refractivity contribution in [2.24, 2.45) is 0 Å². The average molecular weight is 429 g/mol. The number of methoxy groups -OCH3 is 1. The minimum absolute atomic E-state index is 0.0666. The Labute approximate surface area is 182 Å². The molecule has 30 heavy (non-hydrogen) atoms. The first-order valence-corrected chi connectivity index (χ1v) is 10.9. The molecule has 6 nitrogen and oxygen atoms in total. The van der Waals surface area contributed by atoms with E-state index >= 15 is 0 Å². The number of rotatable bonds is 8. The molecule has 1 heterocycles. The van der Waals surface area contributed by atoms with Crippen LogP contribution in [0.1, 0.15) is 29.8 Å². The quantitative estimate of drug-likeness (QED) is 0.599. The summed E-state index contributed by atoms with van der Waals surface area (Å²) in [6.07, 6.45) is 0.0899. The predicted octanol–water partition coefficient (Wildman–Crippen LogP) is 3.19. The third kappa shape index (κ3) is 4.91. The fraction of sp³-hybridized carbons (Fsp3) is 0.391. The van der Waals surface area contributed by atoms with Gasteiger partial charge in [0.25, 0.3) is 5.91 Å². The highest BCUT2D eigenvalue weighted by molar-refractivity contribution is 7.22. The second-order valence-electron chi connectivity index (χ2n) is 7.86. The smallest absolute Gasteiger partial charge is 0.260 e. The molecule has 0 saturated heterocycles. The fourth-order valence-electron chi connectivity index (χ4n) is 3.10. The number of hydrogen-bond donors (Lipinski definition) is 1. The number of aryl methyl sites for hydroxylation is 1. The van der Waals surface area contributed by atoms with E-state index in [0.29, 0.717) is 17.2 Å². The van der Waals surface area contributed by atoms with Gasteiger partial charge in [0, 0.05) is 5.56 Å². The Bertz CT molecular complexity index is 1010. The Balaban J connectivity index is 1.97. The van der Waals surface area contributed by atoms with Crippen molar-refractivity contribution in [2.45, 2.75) is 26.9 Å². The van der Waals surface area contributed by atoms with Crippen LogP contribution in [0.5, 0.6) is 11.5 Å². The summed E-state index contributed by atoms with van der Waals surface area (Å²) in [5.41, 5.74) is 2.53. The van der Waals surface area contributed by atoms with Crippen LogP contribution < -0.4 is 19.3 Å². The van der Waals surface area contributed by atoms with Crippen molar-refractivity contribution in [3.05, 3.63) is 47.5 Å². The number of ether oxygens (including phenoxy) is 2. The van der Waals surface area contributed by atoms with E-state index in [4.69, 9.17) is 14.5 Å². The molecule has 0 fully saturated rings. The molecule has 3 rings (SSSR count). The van der Waals surface area contributed by atoms with Crippen molar-refractivity contribution in [3.63, 3.8) is 0 Å². The maximum atomic E-state index is 13.4. The van der Waals surface area contributed by atoms with Gasteiger partial charge in [-0.05, 0) is 56.7 Å². The zero-order valence-electron chi connectivity index (χ0n) is 18.5. The summed E-state index contributed by atoms with van der Waals surface area (Å²) >= 11 is 1.53. The number of anilines is 1. The van der Waals surface area contributed by atoms with Gasteiger partial charge in [0.05, 0.1) is 45.1 Å². The SMILES string of the molecule is COc1ccc(C)c2sc(N(CC[NH+](C)C)C(=O)c3ccc(OC(C)C)cc3)nc12. The van der Waals surface area contributed by atoms with E-state index in [9.17, 15) is 4.79 Å². The van der Waals surface area contributed by atoms with Crippen molar-refractivity contribution in [2.75, 3.05) is 39.2 Å². The number of quaternary nitrogens is 1. The van der Waals surface area contributed by atoms with E-state index in [2.05, 4.69) is 14.1 Å². The number of carbonyl (C=O) groups excluding carboxylic acids is 1. The van der Waals surface area contributed by atoms with Gasteiger partial charge >= 0.3 is 0 Å². The molecular formula is C23H30N3O3S+. The lowest BCUT2D eigenvalue weighted by atomic mass is 10.2. The number of thiazole rings is 1. The van der Waals surface area contributed by atoms with Crippen LogP contribution in [0.25, 0.3) is 10.2 Å². The Morgan fingerprint density at radius 3 is 2.47 bits per heavy atom. The van der Waals surface area contributed by atoms with Gasteiger partial charge in [-0.3, -0.25) is 9.69 Å². The Morgan fingerprint density at radius 2 is 1.87 bits per heavy atom. The zero-order chi connectivity index (χ0) is 21.8. The van der Waals surface area contributed by atoms with Crippen LogP contribution >= 0.6 is 11.3 Å². The number of fused-ring (bicyclic) bond motifs is 1. The minimum atomic E-state index is -0.0666. The largest absolute Gasteiger partial charge is 0.494 e. The molecule has 7 heteroatoms. The summed E-state index contributed by atoms with van der Waals surface area (Å²) in [6.45, 7) is 7.40. The number of aromatic nitrogens is 1. The normalized spacial score (nSPS) is 11.3.